The molecular formula is C20H29NO3S. The van der Waals surface area contributed by atoms with Crippen LogP contribution in [0.4, 0.5) is 0 Å². The fraction of sp³-hybridized carbons (Fsp3) is 0.750. The molecule has 0 aromatic rings. The third kappa shape index (κ3) is 2.84. The summed E-state index contributed by atoms with van der Waals surface area (Å²) >= 11 is 0. The van der Waals surface area contributed by atoms with Crippen LogP contribution >= 0.6 is 0 Å². The number of fused-ring (bicyclic) bond motifs is 4. The fourth-order valence-electron chi connectivity index (χ4n) is 6.31. The summed E-state index contributed by atoms with van der Waals surface area (Å²) in [7, 11) is -3.17. The van der Waals surface area contributed by atoms with Gasteiger partial charge in [0.2, 0.25) is 10.0 Å². The Morgan fingerprint density at radius 3 is 2.60 bits per heavy atom. The number of sulfonamides is 1. The van der Waals surface area contributed by atoms with Gasteiger partial charge in [-0.2, -0.15) is 0 Å². The summed E-state index contributed by atoms with van der Waals surface area (Å²) in [5.41, 5.74) is 4.80. The van der Waals surface area contributed by atoms with Crippen LogP contribution in [0.15, 0.2) is 22.8 Å². The first kappa shape index (κ1) is 17.5. The van der Waals surface area contributed by atoms with E-state index in [1.165, 1.54) is 17.4 Å². The smallest absolute Gasteiger partial charge is 0.208 e. The van der Waals surface area contributed by atoms with E-state index in [9.17, 15) is 13.2 Å². The number of carbonyl (C=O) groups is 1. The first-order valence-corrected chi connectivity index (χ1v) is 11.4. The Bertz CT molecular complexity index is 794. The summed E-state index contributed by atoms with van der Waals surface area (Å²) in [6.45, 7) is 4.73. The Morgan fingerprint density at radius 2 is 1.88 bits per heavy atom. The van der Waals surface area contributed by atoms with E-state index in [1.807, 2.05) is 6.08 Å². The van der Waals surface area contributed by atoms with Gasteiger partial charge in [0.1, 0.15) is 0 Å². The molecule has 0 heterocycles. The topological polar surface area (TPSA) is 63.2 Å². The maximum atomic E-state index is 11.8. The molecule has 2 fully saturated rings. The number of hydrogen-bond acceptors (Lipinski definition) is 3. The summed E-state index contributed by atoms with van der Waals surface area (Å²) in [4.78, 5) is 11.8. The Hall–Kier alpha value is -0.940. The van der Waals surface area contributed by atoms with Crippen LogP contribution in [-0.2, 0) is 14.8 Å². The van der Waals surface area contributed by atoms with Crippen molar-refractivity contribution in [3.8, 4) is 0 Å². The quantitative estimate of drug-likeness (QED) is 0.764. The summed E-state index contributed by atoms with van der Waals surface area (Å²) < 4.78 is 26.2. The highest BCUT2D eigenvalue weighted by Gasteiger charge is 2.53. The molecule has 4 aliphatic rings. The van der Waals surface area contributed by atoms with Crippen molar-refractivity contribution in [1.82, 2.24) is 4.72 Å². The second kappa shape index (κ2) is 5.53. The van der Waals surface area contributed by atoms with Gasteiger partial charge in [-0.1, -0.05) is 30.6 Å². The van der Waals surface area contributed by atoms with Crippen LogP contribution < -0.4 is 4.72 Å². The lowest BCUT2D eigenvalue weighted by molar-refractivity contribution is -0.115. The van der Waals surface area contributed by atoms with Crippen molar-refractivity contribution in [2.45, 2.75) is 71.3 Å². The normalized spacial score (nSPS) is 41.1. The molecule has 0 spiro atoms. The molecule has 2 saturated carbocycles. The number of allylic oxidation sites excluding steroid dienone is 3. The minimum Gasteiger partial charge on any atom is -0.295 e. The molecule has 0 unspecified atom stereocenters. The predicted molar refractivity (Wildman–Crippen MR) is 98.5 cm³/mol. The molecule has 4 rings (SSSR count). The molecule has 25 heavy (non-hydrogen) atoms. The molecule has 0 bridgehead atoms. The molecule has 0 saturated heterocycles. The standard InChI is InChI=1S/C20H29NO3S/c1-19-8-9-20(2)16-7-5-15(22)10-13(16)4-6-17(20)18(19)11-14(12-19)21-25(3,23)24/h10,14,16,21H,4-9,11-12H2,1-3H3/t14-,16+,19-,20-/m1/s1. The zero-order valence-corrected chi connectivity index (χ0v) is 16.3. The Morgan fingerprint density at radius 1 is 1.12 bits per heavy atom. The predicted octanol–water partition coefficient (Wildman–Crippen LogP) is 3.50. The fourth-order valence-corrected chi connectivity index (χ4v) is 7.08. The van der Waals surface area contributed by atoms with E-state index in [0.29, 0.717) is 18.1 Å². The number of ketones is 1. The average Bonchev–Trinajstić information content (AvgIpc) is 2.81. The minimum atomic E-state index is -3.17. The van der Waals surface area contributed by atoms with Crippen LogP contribution in [0, 0.1) is 16.7 Å². The summed E-state index contributed by atoms with van der Waals surface area (Å²) in [6.07, 6.45) is 11.0. The molecule has 0 amide bonds. The number of carbonyl (C=O) groups excluding carboxylic acids is 1. The number of rotatable bonds is 2. The van der Waals surface area contributed by atoms with E-state index in [-0.39, 0.29) is 16.9 Å². The third-order valence-electron chi connectivity index (χ3n) is 7.41. The Balaban J connectivity index is 1.72. The van der Waals surface area contributed by atoms with Crippen LogP contribution in [0.3, 0.4) is 0 Å². The molecule has 4 nitrogen and oxygen atoms in total. The lowest BCUT2D eigenvalue weighted by Gasteiger charge is -2.53. The van der Waals surface area contributed by atoms with E-state index in [2.05, 4.69) is 18.6 Å². The zero-order chi connectivity index (χ0) is 18.0. The molecule has 1 N–H and O–H groups in total. The second-order valence-corrected chi connectivity index (χ2v) is 11.0. The average molecular weight is 364 g/mol. The van der Waals surface area contributed by atoms with Crippen LogP contribution in [-0.4, -0.2) is 26.5 Å². The van der Waals surface area contributed by atoms with Gasteiger partial charge in [-0.15, -0.1) is 0 Å². The Labute approximate surface area is 151 Å². The van der Waals surface area contributed by atoms with Gasteiger partial charge in [-0.25, -0.2) is 13.1 Å². The van der Waals surface area contributed by atoms with Crippen LogP contribution in [0.5, 0.6) is 0 Å². The molecule has 4 atom stereocenters. The molecular weight excluding hydrogens is 334 g/mol. The number of nitrogens with one attached hydrogen (secondary N) is 1. The van der Waals surface area contributed by atoms with Gasteiger partial charge in [0.15, 0.2) is 5.78 Å². The lowest BCUT2D eigenvalue weighted by Crippen LogP contribution is -2.42. The largest absolute Gasteiger partial charge is 0.295 e. The third-order valence-corrected chi connectivity index (χ3v) is 8.17. The van der Waals surface area contributed by atoms with Gasteiger partial charge in [-0.05, 0) is 67.8 Å². The summed E-state index contributed by atoms with van der Waals surface area (Å²) in [6, 6.07) is 0.0368. The van der Waals surface area contributed by atoms with Crippen molar-refractivity contribution in [3.63, 3.8) is 0 Å². The summed E-state index contributed by atoms with van der Waals surface area (Å²) in [5.74, 6) is 0.804. The van der Waals surface area contributed by atoms with E-state index >= 15 is 0 Å². The maximum absolute atomic E-state index is 11.8. The van der Waals surface area contributed by atoms with Crippen molar-refractivity contribution >= 4 is 15.8 Å². The van der Waals surface area contributed by atoms with E-state index < -0.39 is 10.0 Å². The molecule has 0 aromatic heterocycles. The minimum absolute atomic E-state index is 0.0368. The van der Waals surface area contributed by atoms with Crippen molar-refractivity contribution in [2.75, 3.05) is 6.26 Å². The molecule has 0 radical (unpaired) electrons. The van der Waals surface area contributed by atoms with Crippen LogP contribution in [0.25, 0.3) is 0 Å². The SMILES string of the molecule is C[C@]12CC[C@@]3(C)C(=C1C[C@@H](NS(C)(=O)=O)C2)CCC1=CC(=O)CC[C@@H]13. The first-order valence-electron chi connectivity index (χ1n) is 9.54. The van der Waals surface area contributed by atoms with Gasteiger partial charge in [0.25, 0.3) is 0 Å². The van der Waals surface area contributed by atoms with Gasteiger partial charge < -0.3 is 0 Å². The first-order chi connectivity index (χ1) is 11.6. The van der Waals surface area contributed by atoms with Crippen molar-refractivity contribution in [1.29, 1.82) is 0 Å². The molecule has 138 valence electrons. The zero-order valence-electron chi connectivity index (χ0n) is 15.5. The van der Waals surface area contributed by atoms with Gasteiger partial charge in [0, 0.05) is 12.5 Å². The highest BCUT2D eigenvalue weighted by Crippen LogP contribution is 2.63. The van der Waals surface area contributed by atoms with Crippen LogP contribution in [0.1, 0.15) is 65.2 Å². The van der Waals surface area contributed by atoms with Crippen LogP contribution in [0.2, 0.25) is 0 Å². The van der Waals surface area contributed by atoms with E-state index in [1.54, 1.807) is 5.57 Å². The van der Waals surface area contributed by atoms with Crippen molar-refractivity contribution < 1.29 is 13.2 Å². The highest BCUT2D eigenvalue weighted by atomic mass is 32.2. The molecule has 5 heteroatoms. The van der Waals surface area contributed by atoms with Crippen molar-refractivity contribution in [3.05, 3.63) is 22.8 Å². The molecule has 0 aromatic carbocycles. The molecule has 4 aliphatic carbocycles. The maximum Gasteiger partial charge on any atom is 0.208 e. The van der Waals surface area contributed by atoms with Gasteiger partial charge in [0.05, 0.1) is 6.26 Å². The Kier molecular flexibility index (Phi) is 3.86. The van der Waals surface area contributed by atoms with Gasteiger partial charge in [-0.3, -0.25) is 4.79 Å². The summed E-state index contributed by atoms with van der Waals surface area (Å²) in [5, 5.41) is 0. The van der Waals surface area contributed by atoms with E-state index in [4.69, 9.17) is 0 Å². The molecule has 0 aliphatic heterocycles. The van der Waals surface area contributed by atoms with Gasteiger partial charge >= 0.3 is 0 Å². The second-order valence-electron chi connectivity index (χ2n) is 9.21. The number of hydrogen-bond donors (Lipinski definition) is 1. The lowest BCUT2D eigenvalue weighted by atomic mass is 9.52. The van der Waals surface area contributed by atoms with Crippen molar-refractivity contribution in [2.24, 2.45) is 16.7 Å². The van der Waals surface area contributed by atoms with E-state index in [0.717, 1.165) is 44.9 Å². The highest BCUT2D eigenvalue weighted by molar-refractivity contribution is 7.88. The monoisotopic (exact) mass is 363 g/mol.